The molecule has 4 rings (SSSR count). The van der Waals surface area contributed by atoms with Gasteiger partial charge in [0.25, 0.3) is 0 Å². The van der Waals surface area contributed by atoms with Crippen LogP contribution in [-0.2, 0) is 13.5 Å². The molecule has 1 aliphatic carbocycles. The van der Waals surface area contributed by atoms with Gasteiger partial charge in [-0.3, -0.25) is 0 Å². The maximum absolute atomic E-state index is 5.95. The zero-order chi connectivity index (χ0) is 13.9. The van der Waals surface area contributed by atoms with Crippen LogP contribution in [0.15, 0.2) is 24.4 Å². The molecule has 3 heteroatoms. The minimum Gasteiger partial charge on any atom is -0.350 e. The number of benzene rings is 1. The number of piperidine rings is 1. The Kier molecular flexibility index (Phi) is 2.69. The first-order valence-corrected chi connectivity index (χ1v) is 7.66. The fraction of sp³-hybridized carbons (Fsp3) is 0.529. The highest BCUT2D eigenvalue weighted by Gasteiger charge is 2.39. The van der Waals surface area contributed by atoms with Crippen molar-refractivity contribution in [2.24, 2.45) is 18.7 Å². The number of aromatic nitrogens is 1. The van der Waals surface area contributed by atoms with E-state index in [0.717, 1.165) is 13.1 Å². The Morgan fingerprint density at radius 3 is 2.95 bits per heavy atom. The maximum atomic E-state index is 5.95. The van der Waals surface area contributed by atoms with E-state index in [2.05, 4.69) is 48.0 Å². The lowest BCUT2D eigenvalue weighted by Crippen LogP contribution is -2.49. The number of rotatable bonds is 1. The lowest BCUT2D eigenvalue weighted by molar-refractivity contribution is 0.115. The number of aryl methyl sites for hydroxylation is 1. The van der Waals surface area contributed by atoms with Crippen LogP contribution in [0.2, 0.25) is 0 Å². The number of hydrogen-bond acceptors (Lipinski definition) is 2. The first-order chi connectivity index (χ1) is 9.69. The van der Waals surface area contributed by atoms with E-state index in [-0.39, 0.29) is 0 Å². The molecule has 0 radical (unpaired) electrons. The van der Waals surface area contributed by atoms with E-state index in [1.54, 1.807) is 5.56 Å². The standard InChI is InChI=1S/C17H23N3/c1-19-9-11(8-18)6-14-13-4-3-5-15-17(13)12(7-16(14)19)10-20(15)2/h3-5,10-11,14,16H,6-9,18H2,1-2H3. The first-order valence-electron chi connectivity index (χ1n) is 7.66. The van der Waals surface area contributed by atoms with Crippen molar-refractivity contribution in [3.8, 4) is 0 Å². The molecule has 0 saturated carbocycles. The molecule has 106 valence electrons. The average Bonchev–Trinajstić information content (AvgIpc) is 2.78. The van der Waals surface area contributed by atoms with Gasteiger partial charge in [-0.25, -0.2) is 0 Å². The van der Waals surface area contributed by atoms with Gasteiger partial charge >= 0.3 is 0 Å². The van der Waals surface area contributed by atoms with Crippen molar-refractivity contribution >= 4 is 10.9 Å². The van der Waals surface area contributed by atoms with Crippen LogP contribution in [0.5, 0.6) is 0 Å². The normalized spacial score (nSPS) is 29.6. The molecule has 3 unspecified atom stereocenters. The first kappa shape index (κ1) is 12.4. The van der Waals surface area contributed by atoms with Gasteiger partial charge in [-0.15, -0.1) is 0 Å². The predicted molar refractivity (Wildman–Crippen MR) is 82.9 cm³/mol. The Bertz CT molecular complexity index is 658. The third kappa shape index (κ3) is 1.60. The molecule has 1 aliphatic heterocycles. The summed E-state index contributed by atoms with van der Waals surface area (Å²) in [5, 5.41) is 1.52. The summed E-state index contributed by atoms with van der Waals surface area (Å²) in [4.78, 5) is 2.54. The molecule has 1 aromatic carbocycles. The van der Waals surface area contributed by atoms with Crippen molar-refractivity contribution in [2.75, 3.05) is 20.1 Å². The molecule has 2 aliphatic rings. The second-order valence-electron chi connectivity index (χ2n) is 6.66. The topological polar surface area (TPSA) is 34.2 Å². The van der Waals surface area contributed by atoms with Crippen LogP contribution >= 0.6 is 0 Å². The largest absolute Gasteiger partial charge is 0.350 e. The molecule has 2 aromatic rings. The van der Waals surface area contributed by atoms with E-state index in [0.29, 0.717) is 17.9 Å². The predicted octanol–water partition coefficient (Wildman–Crippen LogP) is 2.10. The highest BCUT2D eigenvalue weighted by Crippen LogP contribution is 2.44. The summed E-state index contributed by atoms with van der Waals surface area (Å²) in [7, 11) is 4.44. The number of fused-ring (bicyclic) bond motifs is 2. The Hall–Kier alpha value is -1.32. The molecule has 2 N–H and O–H groups in total. The third-order valence-electron chi connectivity index (χ3n) is 5.45. The summed E-state index contributed by atoms with van der Waals surface area (Å²) in [6.45, 7) is 1.96. The molecular formula is C17H23N3. The maximum Gasteiger partial charge on any atom is 0.0483 e. The van der Waals surface area contributed by atoms with Gasteiger partial charge in [-0.1, -0.05) is 12.1 Å². The molecule has 1 saturated heterocycles. The molecule has 3 nitrogen and oxygen atoms in total. The van der Waals surface area contributed by atoms with Crippen molar-refractivity contribution in [3.05, 3.63) is 35.5 Å². The Morgan fingerprint density at radius 2 is 2.15 bits per heavy atom. The number of nitrogens with zero attached hydrogens (tertiary/aromatic N) is 2. The van der Waals surface area contributed by atoms with Crippen LogP contribution in [0.25, 0.3) is 10.9 Å². The average molecular weight is 269 g/mol. The minimum absolute atomic E-state index is 0.641. The van der Waals surface area contributed by atoms with E-state index in [1.807, 2.05) is 0 Å². The van der Waals surface area contributed by atoms with E-state index in [4.69, 9.17) is 5.73 Å². The Labute approximate surface area is 120 Å². The van der Waals surface area contributed by atoms with Gasteiger partial charge in [-0.05, 0) is 49.5 Å². The zero-order valence-electron chi connectivity index (χ0n) is 12.3. The molecule has 1 fully saturated rings. The van der Waals surface area contributed by atoms with Gasteiger partial charge in [-0.2, -0.15) is 0 Å². The van der Waals surface area contributed by atoms with Crippen molar-refractivity contribution < 1.29 is 0 Å². The van der Waals surface area contributed by atoms with Crippen LogP contribution in [-0.4, -0.2) is 35.6 Å². The third-order valence-corrected chi connectivity index (χ3v) is 5.45. The SMILES string of the molecule is CN1CC(CN)CC2c3cccc4c3c(cn4C)CC21. The van der Waals surface area contributed by atoms with Crippen LogP contribution < -0.4 is 5.73 Å². The van der Waals surface area contributed by atoms with Gasteiger partial charge in [0.1, 0.15) is 0 Å². The van der Waals surface area contributed by atoms with E-state index >= 15 is 0 Å². The van der Waals surface area contributed by atoms with Crippen LogP contribution in [0.4, 0.5) is 0 Å². The van der Waals surface area contributed by atoms with Crippen molar-refractivity contribution in [1.29, 1.82) is 0 Å². The van der Waals surface area contributed by atoms with Crippen LogP contribution in [0.3, 0.4) is 0 Å². The molecule has 1 aromatic heterocycles. The molecule has 20 heavy (non-hydrogen) atoms. The zero-order valence-corrected chi connectivity index (χ0v) is 12.3. The summed E-state index contributed by atoms with van der Waals surface area (Å²) in [5.74, 6) is 1.29. The van der Waals surface area contributed by atoms with E-state index in [9.17, 15) is 0 Å². The summed E-state index contributed by atoms with van der Waals surface area (Å²) in [6.07, 6.45) is 4.76. The molecule has 2 heterocycles. The number of likely N-dealkylation sites (N-methyl/N-ethyl adjacent to an activating group) is 1. The van der Waals surface area contributed by atoms with Gasteiger partial charge in [0, 0.05) is 42.7 Å². The van der Waals surface area contributed by atoms with Crippen molar-refractivity contribution in [1.82, 2.24) is 9.47 Å². The Morgan fingerprint density at radius 1 is 1.30 bits per heavy atom. The van der Waals surface area contributed by atoms with Gasteiger partial charge in [0.15, 0.2) is 0 Å². The highest BCUT2D eigenvalue weighted by atomic mass is 15.1. The smallest absolute Gasteiger partial charge is 0.0483 e. The summed E-state index contributed by atoms with van der Waals surface area (Å²) in [6, 6.07) is 7.46. The van der Waals surface area contributed by atoms with E-state index < -0.39 is 0 Å². The molecule has 0 spiro atoms. The van der Waals surface area contributed by atoms with Gasteiger partial charge in [0.05, 0.1) is 0 Å². The second-order valence-corrected chi connectivity index (χ2v) is 6.66. The van der Waals surface area contributed by atoms with Crippen LogP contribution in [0, 0.1) is 5.92 Å². The lowest BCUT2D eigenvalue weighted by atomic mass is 9.72. The minimum atomic E-state index is 0.641. The summed E-state index contributed by atoms with van der Waals surface area (Å²) >= 11 is 0. The lowest BCUT2D eigenvalue weighted by Gasteiger charge is -2.45. The van der Waals surface area contributed by atoms with Crippen molar-refractivity contribution in [3.63, 3.8) is 0 Å². The quantitative estimate of drug-likeness (QED) is 0.860. The Balaban J connectivity index is 1.89. The number of hydrogen-bond donors (Lipinski definition) is 1. The van der Waals surface area contributed by atoms with E-state index in [1.165, 1.54) is 29.3 Å². The van der Waals surface area contributed by atoms with Gasteiger partial charge in [0.2, 0.25) is 0 Å². The fourth-order valence-electron chi connectivity index (χ4n) is 4.50. The van der Waals surface area contributed by atoms with Gasteiger partial charge < -0.3 is 15.2 Å². The number of nitrogens with two attached hydrogens (primary N) is 1. The fourth-order valence-corrected chi connectivity index (χ4v) is 4.50. The molecule has 3 atom stereocenters. The summed E-state index contributed by atoms with van der Waals surface area (Å²) < 4.78 is 2.28. The molecule has 0 amide bonds. The van der Waals surface area contributed by atoms with Crippen molar-refractivity contribution in [2.45, 2.75) is 24.8 Å². The molecule has 0 bridgehead atoms. The number of likely N-dealkylation sites (tertiary alicyclic amines) is 1. The summed E-state index contributed by atoms with van der Waals surface area (Å²) in [5.41, 5.74) is 10.4. The van der Waals surface area contributed by atoms with Crippen LogP contribution in [0.1, 0.15) is 23.5 Å². The molecular weight excluding hydrogens is 246 g/mol. The monoisotopic (exact) mass is 269 g/mol. The second kappa shape index (κ2) is 4.34. The highest BCUT2D eigenvalue weighted by molar-refractivity contribution is 5.89.